The summed E-state index contributed by atoms with van der Waals surface area (Å²) in [6.07, 6.45) is 0. The maximum absolute atomic E-state index is 12.8. The van der Waals surface area contributed by atoms with E-state index in [1.807, 2.05) is 6.07 Å². The number of hydrogen-bond acceptors (Lipinski definition) is 4. The average molecular weight is 407 g/mol. The Balaban J connectivity index is 1.74. The molecule has 2 aromatic carbocycles. The summed E-state index contributed by atoms with van der Waals surface area (Å²) in [6, 6.07) is 8.29. The number of aromatic nitrogens is 2. The van der Waals surface area contributed by atoms with Gasteiger partial charge in [0.2, 0.25) is 0 Å². The van der Waals surface area contributed by atoms with Gasteiger partial charge in [-0.1, -0.05) is 23.2 Å². The van der Waals surface area contributed by atoms with Crippen LogP contribution in [-0.4, -0.2) is 42.2 Å². The Labute approximate surface area is 164 Å². The topological polar surface area (TPSA) is 90.2 Å². The second-order valence-corrected chi connectivity index (χ2v) is 7.02. The van der Waals surface area contributed by atoms with Gasteiger partial charge in [-0.25, -0.2) is 4.79 Å². The molecule has 1 aliphatic heterocycles. The lowest BCUT2D eigenvalue weighted by Gasteiger charge is -2.30. The molecule has 2 heterocycles. The van der Waals surface area contributed by atoms with E-state index in [4.69, 9.17) is 27.9 Å². The quantitative estimate of drug-likeness (QED) is 0.622. The van der Waals surface area contributed by atoms with Crippen LogP contribution in [0.15, 0.2) is 35.1 Å². The Kier molecular flexibility index (Phi) is 4.82. The highest BCUT2D eigenvalue weighted by Gasteiger charge is 2.19. The first kappa shape index (κ1) is 17.9. The number of ether oxygens (including phenoxy) is 1. The van der Waals surface area contributed by atoms with E-state index < -0.39 is 0 Å². The fourth-order valence-electron chi connectivity index (χ4n) is 3.10. The van der Waals surface area contributed by atoms with Crippen LogP contribution in [0.1, 0.15) is 10.4 Å². The van der Waals surface area contributed by atoms with Crippen LogP contribution in [0.3, 0.4) is 0 Å². The van der Waals surface area contributed by atoms with Crippen LogP contribution < -0.4 is 15.9 Å². The van der Waals surface area contributed by atoms with Crippen LogP contribution in [0.4, 0.5) is 11.4 Å². The van der Waals surface area contributed by atoms with Gasteiger partial charge < -0.3 is 24.9 Å². The Bertz CT molecular complexity index is 1070. The number of carbonyl (C=O) groups excluding carboxylic acids is 1. The van der Waals surface area contributed by atoms with Crippen molar-refractivity contribution in [3.63, 3.8) is 0 Å². The minimum Gasteiger partial charge on any atom is -0.378 e. The summed E-state index contributed by atoms with van der Waals surface area (Å²) in [4.78, 5) is 32.0. The van der Waals surface area contributed by atoms with Crippen molar-refractivity contribution >= 4 is 51.5 Å². The van der Waals surface area contributed by atoms with Gasteiger partial charge in [0.15, 0.2) is 0 Å². The van der Waals surface area contributed by atoms with Gasteiger partial charge >= 0.3 is 5.69 Å². The number of H-pyrrole nitrogens is 2. The highest BCUT2D eigenvalue weighted by atomic mass is 35.5. The number of morpholine rings is 1. The number of fused-ring (bicyclic) bond motifs is 1. The van der Waals surface area contributed by atoms with E-state index in [0.29, 0.717) is 53.6 Å². The molecule has 1 aromatic heterocycles. The minimum absolute atomic E-state index is 0.268. The average Bonchev–Trinajstić information content (AvgIpc) is 3.00. The summed E-state index contributed by atoms with van der Waals surface area (Å²) in [7, 11) is 0. The summed E-state index contributed by atoms with van der Waals surface area (Å²) in [5, 5.41) is 3.62. The maximum Gasteiger partial charge on any atom is 0.323 e. The molecule has 0 saturated carbocycles. The number of carbonyl (C=O) groups is 1. The van der Waals surface area contributed by atoms with Crippen LogP contribution in [0.25, 0.3) is 11.0 Å². The molecule has 0 radical (unpaired) electrons. The van der Waals surface area contributed by atoms with Crippen molar-refractivity contribution in [2.24, 2.45) is 0 Å². The third-order valence-electron chi connectivity index (χ3n) is 4.41. The summed E-state index contributed by atoms with van der Waals surface area (Å²) in [5.74, 6) is -0.358. The van der Waals surface area contributed by atoms with Crippen LogP contribution in [0.2, 0.25) is 10.0 Å². The van der Waals surface area contributed by atoms with E-state index in [1.165, 1.54) is 6.07 Å². The largest absolute Gasteiger partial charge is 0.378 e. The third-order valence-corrected chi connectivity index (χ3v) is 4.96. The third kappa shape index (κ3) is 3.66. The van der Waals surface area contributed by atoms with E-state index in [2.05, 4.69) is 20.2 Å². The number of halogens is 2. The number of amides is 1. The van der Waals surface area contributed by atoms with Gasteiger partial charge in [0.05, 0.1) is 46.2 Å². The second kappa shape index (κ2) is 7.26. The van der Waals surface area contributed by atoms with E-state index in [1.54, 1.807) is 18.2 Å². The molecule has 3 aromatic rings. The number of anilines is 2. The fraction of sp³-hybridized carbons (Fsp3) is 0.222. The van der Waals surface area contributed by atoms with Crippen molar-refractivity contribution in [2.75, 3.05) is 36.5 Å². The van der Waals surface area contributed by atoms with Gasteiger partial charge in [0.1, 0.15) is 0 Å². The first-order valence-corrected chi connectivity index (χ1v) is 9.12. The van der Waals surface area contributed by atoms with Crippen molar-refractivity contribution in [1.82, 2.24) is 9.97 Å². The molecule has 0 spiro atoms. The van der Waals surface area contributed by atoms with Crippen LogP contribution in [-0.2, 0) is 4.74 Å². The smallest absolute Gasteiger partial charge is 0.323 e. The van der Waals surface area contributed by atoms with Crippen molar-refractivity contribution in [3.8, 4) is 0 Å². The van der Waals surface area contributed by atoms with Crippen LogP contribution in [0, 0.1) is 0 Å². The molecular formula is C18H16Cl2N4O3. The minimum atomic E-state index is -0.358. The van der Waals surface area contributed by atoms with Gasteiger partial charge in [0, 0.05) is 18.1 Å². The molecule has 1 saturated heterocycles. The summed E-state index contributed by atoms with van der Waals surface area (Å²) in [5.41, 5.74) is 2.67. The number of hydrogen-bond donors (Lipinski definition) is 3. The lowest BCUT2D eigenvalue weighted by Crippen LogP contribution is -2.36. The lowest BCUT2D eigenvalue weighted by atomic mass is 10.1. The molecule has 27 heavy (non-hydrogen) atoms. The van der Waals surface area contributed by atoms with E-state index in [-0.39, 0.29) is 16.6 Å². The maximum atomic E-state index is 12.8. The molecule has 0 bridgehead atoms. The predicted octanol–water partition coefficient (Wildman–Crippen LogP) is 3.25. The van der Waals surface area contributed by atoms with E-state index >= 15 is 0 Å². The van der Waals surface area contributed by atoms with Gasteiger partial charge in [-0.15, -0.1) is 0 Å². The van der Waals surface area contributed by atoms with Crippen molar-refractivity contribution in [1.29, 1.82) is 0 Å². The normalized spacial score (nSPS) is 14.5. The highest BCUT2D eigenvalue weighted by molar-refractivity contribution is 6.37. The van der Waals surface area contributed by atoms with Gasteiger partial charge in [-0.05, 0) is 30.3 Å². The highest BCUT2D eigenvalue weighted by Crippen LogP contribution is 2.31. The standard InChI is InChI=1S/C18H16Cl2N4O3/c19-10-1-2-11(12(20)7-10)17(25)21-15-8-13-14(23-18(26)22-13)9-16(15)24-3-5-27-6-4-24/h1-2,7-9H,3-6H2,(H,21,25)(H2,22,23,26). The van der Waals surface area contributed by atoms with Crippen molar-refractivity contribution in [2.45, 2.75) is 0 Å². The molecular weight excluding hydrogens is 391 g/mol. The molecule has 4 rings (SSSR count). The number of imidazole rings is 1. The van der Waals surface area contributed by atoms with Crippen LogP contribution in [0.5, 0.6) is 0 Å². The summed E-state index contributed by atoms with van der Waals surface area (Å²) in [6.45, 7) is 2.56. The Morgan fingerprint density at radius 2 is 1.78 bits per heavy atom. The number of benzene rings is 2. The fourth-order valence-corrected chi connectivity index (χ4v) is 3.59. The molecule has 3 N–H and O–H groups in total. The number of nitrogens with one attached hydrogen (secondary N) is 3. The molecule has 1 aliphatic rings. The molecule has 9 heteroatoms. The van der Waals surface area contributed by atoms with Gasteiger partial charge in [0.25, 0.3) is 5.91 Å². The van der Waals surface area contributed by atoms with Crippen LogP contribution >= 0.6 is 23.2 Å². The molecule has 0 atom stereocenters. The number of nitrogens with zero attached hydrogens (tertiary/aromatic N) is 1. The predicted molar refractivity (Wildman–Crippen MR) is 106 cm³/mol. The zero-order valence-corrected chi connectivity index (χ0v) is 15.7. The van der Waals surface area contributed by atoms with E-state index in [0.717, 1.165) is 5.69 Å². The monoisotopic (exact) mass is 406 g/mol. The zero-order valence-electron chi connectivity index (χ0n) is 14.1. The number of rotatable bonds is 3. The number of aromatic amines is 2. The summed E-state index contributed by atoms with van der Waals surface area (Å²) < 4.78 is 5.41. The Morgan fingerprint density at radius 3 is 2.48 bits per heavy atom. The first-order valence-electron chi connectivity index (χ1n) is 8.36. The Hall–Kier alpha value is -2.48. The molecule has 0 aliphatic carbocycles. The Morgan fingerprint density at radius 1 is 1.07 bits per heavy atom. The second-order valence-electron chi connectivity index (χ2n) is 6.17. The van der Waals surface area contributed by atoms with Crippen molar-refractivity contribution < 1.29 is 9.53 Å². The SMILES string of the molecule is O=C(Nc1cc2[nH]c(=O)[nH]c2cc1N1CCOCC1)c1ccc(Cl)cc1Cl. The zero-order chi connectivity index (χ0) is 19.0. The first-order chi connectivity index (χ1) is 13.0. The van der Waals surface area contributed by atoms with E-state index in [9.17, 15) is 9.59 Å². The molecule has 0 unspecified atom stereocenters. The van der Waals surface area contributed by atoms with Gasteiger partial charge in [-0.3, -0.25) is 4.79 Å². The summed E-state index contributed by atoms with van der Waals surface area (Å²) >= 11 is 12.1. The molecule has 1 amide bonds. The van der Waals surface area contributed by atoms with Gasteiger partial charge in [-0.2, -0.15) is 0 Å². The molecule has 140 valence electrons. The molecule has 7 nitrogen and oxygen atoms in total. The van der Waals surface area contributed by atoms with Crippen molar-refractivity contribution in [3.05, 3.63) is 56.4 Å². The lowest BCUT2D eigenvalue weighted by molar-refractivity contribution is 0.102. The molecule has 1 fully saturated rings.